The van der Waals surface area contributed by atoms with Gasteiger partial charge in [0.2, 0.25) is 5.95 Å². The second-order valence-electron chi connectivity index (χ2n) is 7.60. The van der Waals surface area contributed by atoms with Gasteiger partial charge in [0.05, 0.1) is 18.1 Å². The Labute approximate surface area is 174 Å². The first kappa shape index (κ1) is 18.0. The van der Waals surface area contributed by atoms with E-state index in [-0.39, 0.29) is 5.41 Å². The maximum absolute atomic E-state index is 5.88. The number of aromatic nitrogens is 4. The van der Waals surface area contributed by atoms with Crippen molar-refractivity contribution in [3.63, 3.8) is 0 Å². The van der Waals surface area contributed by atoms with Gasteiger partial charge in [-0.3, -0.25) is 4.98 Å². The predicted octanol–water partition coefficient (Wildman–Crippen LogP) is 5.00. The van der Waals surface area contributed by atoms with Gasteiger partial charge < -0.3 is 5.73 Å². The first-order chi connectivity index (χ1) is 14.1. The summed E-state index contributed by atoms with van der Waals surface area (Å²) in [7, 11) is 0. The topological polar surface area (TPSA) is 77.6 Å². The third kappa shape index (κ3) is 3.21. The van der Waals surface area contributed by atoms with Crippen molar-refractivity contribution < 1.29 is 0 Å². The van der Waals surface area contributed by atoms with Crippen LogP contribution >= 0.6 is 11.6 Å². The molecular formula is C23H20ClN5. The van der Waals surface area contributed by atoms with Crippen LogP contribution < -0.4 is 5.73 Å². The summed E-state index contributed by atoms with van der Waals surface area (Å²) in [6.45, 7) is 0. The van der Waals surface area contributed by atoms with E-state index < -0.39 is 0 Å². The van der Waals surface area contributed by atoms with Gasteiger partial charge in [-0.25, -0.2) is 15.0 Å². The number of nitrogen functional groups attached to an aromatic ring is 1. The molecule has 2 aromatic heterocycles. The zero-order chi connectivity index (χ0) is 19.8. The lowest BCUT2D eigenvalue weighted by Gasteiger charge is -2.43. The van der Waals surface area contributed by atoms with Gasteiger partial charge in [-0.2, -0.15) is 0 Å². The SMILES string of the molecule is Nc1ncc(-c2ccc(C3(C4=CCC(c5cnc(Cl)cn5)=C4)CCC3)cc2)cn1. The lowest BCUT2D eigenvalue weighted by atomic mass is 9.60. The molecule has 2 heterocycles. The van der Waals surface area contributed by atoms with E-state index in [1.807, 2.05) is 0 Å². The van der Waals surface area contributed by atoms with Crippen LogP contribution in [0.3, 0.4) is 0 Å². The van der Waals surface area contributed by atoms with Crippen LogP contribution in [0.2, 0.25) is 5.15 Å². The highest BCUT2D eigenvalue weighted by Gasteiger charge is 2.42. The van der Waals surface area contributed by atoms with Gasteiger partial charge in [0.25, 0.3) is 0 Å². The number of hydrogen-bond donors (Lipinski definition) is 1. The van der Waals surface area contributed by atoms with E-state index in [1.165, 1.54) is 36.0 Å². The van der Waals surface area contributed by atoms with Crippen molar-refractivity contribution in [2.24, 2.45) is 0 Å². The maximum atomic E-state index is 5.88. The van der Waals surface area contributed by atoms with Crippen LogP contribution in [0.4, 0.5) is 5.95 Å². The standard InChI is InChI=1S/C23H20ClN5/c24-21-14-26-20(13-27-21)16-4-7-19(10-16)23(8-1-9-23)18-5-2-15(3-6-18)17-11-28-22(25)29-12-17/h2-3,5-7,10-14H,1,4,8-9H2,(H2,25,28,29). The number of halogens is 1. The summed E-state index contributed by atoms with van der Waals surface area (Å²) in [6, 6.07) is 8.77. The van der Waals surface area contributed by atoms with E-state index >= 15 is 0 Å². The highest BCUT2D eigenvalue weighted by atomic mass is 35.5. The van der Waals surface area contributed by atoms with Crippen LogP contribution in [0, 0.1) is 0 Å². The summed E-state index contributed by atoms with van der Waals surface area (Å²) in [5.74, 6) is 0.292. The lowest BCUT2D eigenvalue weighted by Crippen LogP contribution is -2.35. The Hall–Kier alpha value is -3.05. The van der Waals surface area contributed by atoms with Gasteiger partial charge in [0, 0.05) is 23.4 Å². The van der Waals surface area contributed by atoms with E-state index in [2.05, 4.69) is 56.4 Å². The molecule has 6 heteroatoms. The molecule has 0 spiro atoms. The summed E-state index contributed by atoms with van der Waals surface area (Å²) in [5, 5.41) is 0.419. The largest absolute Gasteiger partial charge is 0.368 e. The Kier molecular flexibility index (Phi) is 4.40. The molecule has 2 aliphatic carbocycles. The number of nitrogens with zero attached hydrogens (tertiary/aromatic N) is 4. The highest BCUT2D eigenvalue weighted by Crippen LogP contribution is 2.52. The van der Waals surface area contributed by atoms with Crippen LogP contribution in [0.1, 0.15) is 36.9 Å². The molecule has 5 rings (SSSR count). The minimum Gasteiger partial charge on any atom is -0.368 e. The zero-order valence-electron chi connectivity index (χ0n) is 15.8. The summed E-state index contributed by atoms with van der Waals surface area (Å²) in [6.07, 6.45) is 16.0. The van der Waals surface area contributed by atoms with Crippen LogP contribution in [-0.4, -0.2) is 19.9 Å². The van der Waals surface area contributed by atoms with E-state index in [1.54, 1.807) is 24.8 Å². The normalized spacial score (nSPS) is 17.4. The van der Waals surface area contributed by atoms with Crippen LogP contribution in [0.25, 0.3) is 16.7 Å². The van der Waals surface area contributed by atoms with E-state index in [9.17, 15) is 0 Å². The zero-order valence-corrected chi connectivity index (χ0v) is 16.6. The summed E-state index contributed by atoms with van der Waals surface area (Å²) < 4.78 is 0. The molecule has 29 heavy (non-hydrogen) atoms. The van der Waals surface area contributed by atoms with Crippen molar-refractivity contribution in [2.45, 2.75) is 31.1 Å². The Morgan fingerprint density at radius 1 is 0.862 bits per heavy atom. The van der Waals surface area contributed by atoms with E-state index in [0.29, 0.717) is 11.1 Å². The summed E-state index contributed by atoms with van der Waals surface area (Å²) in [4.78, 5) is 16.8. The van der Waals surface area contributed by atoms with Crippen molar-refractivity contribution in [1.82, 2.24) is 19.9 Å². The number of rotatable bonds is 4. The molecule has 144 valence electrons. The molecule has 1 aromatic carbocycles. The minimum atomic E-state index is 0.0950. The molecule has 0 aliphatic heterocycles. The molecule has 2 N–H and O–H groups in total. The fourth-order valence-electron chi connectivity index (χ4n) is 4.26. The average molecular weight is 402 g/mol. The van der Waals surface area contributed by atoms with Crippen molar-refractivity contribution in [3.8, 4) is 11.1 Å². The van der Waals surface area contributed by atoms with Crippen LogP contribution in [0.5, 0.6) is 0 Å². The molecule has 0 atom stereocenters. The molecule has 1 fully saturated rings. The number of nitrogens with two attached hydrogens (primary N) is 1. The highest BCUT2D eigenvalue weighted by molar-refractivity contribution is 6.29. The molecule has 5 nitrogen and oxygen atoms in total. The third-order valence-corrected chi connectivity index (χ3v) is 6.22. The Balaban J connectivity index is 1.43. The number of benzene rings is 1. The minimum absolute atomic E-state index is 0.0950. The Bertz CT molecular complexity index is 1100. The lowest BCUT2D eigenvalue weighted by molar-refractivity contribution is 0.301. The third-order valence-electron chi connectivity index (χ3n) is 6.02. The molecular weight excluding hydrogens is 382 g/mol. The first-order valence-corrected chi connectivity index (χ1v) is 10.1. The molecule has 1 saturated carbocycles. The first-order valence-electron chi connectivity index (χ1n) is 9.72. The quantitative estimate of drug-likeness (QED) is 0.665. The fraction of sp³-hybridized carbons (Fsp3) is 0.217. The van der Waals surface area contributed by atoms with Gasteiger partial charge in [0.1, 0.15) is 5.15 Å². The van der Waals surface area contributed by atoms with Crippen LogP contribution in [-0.2, 0) is 5.41 Å². The number of hydrogen-bond acceptors (Lipinski definition) is 5. The monoisotopic (exact) mass is 401 g/mol. The van der Waals surface area contributed by atoms with Gasteiger partial charge in [-0.15, -0.1) is 0 Å². The van der Waals surface area contributed by atoms with Crippen molar-refractivity contribution in [2.75, 3.05) is 5.73 Å². The molecule has 0 saturated heterocycles. The van der Waals surface area contributed by atoms with E-state index in [0.717, 1.165) is 23.2 Å². The van der Waals surface area contributed by atoms with Gasteiger partial charge >= 0.3 is 0 Å². The summed E-state index contributed by atoms with van der Waals surface area (Å²) in [5.41, 5.74) is 12.6. The second kappa shape index (κ2) is 7.08. The molecule has 0 bridgehead atoms. The number of anilines is 1. The maximum Gasteiger partial charge on any atom is 0.219 e. The predicted molar refractivity (Wildman–Crippen MR) is 115 cm³/mol. The van der Waals surface area contributed by atoms with Gasteiger partial charge in [-0.05, 0) is 41.5 Å². The molecule has 2 aliphatic rings. The van der Waals surface area contributed by atoms with Crippen molar-refractivity contribution >= 4 is 23.1 Å². The average Bonchev–Trinajstić information content (AvgIpc) is 3.19. The molecule has 0 amide bonds. The van der Waals surface area contributed by atoms with Crippen molar-refractivity contribution in [1.29, 1.82) is 0 Å². The van der Waals surface area contributed by atoms with E-state index in [4.69, 9.17) is 17.3 Å². The Morgan fingerprint density at radius 3 is 2.24 bits per heavy atom. The molecule has 0 unspecified atom stereocenters. The smallest absolute Gasteiger partial charge is 0.219 e. The van der Waals surface area contributed by atoms with Crippen LogP contribution in [0.15, 0.2) is 66.8 Å². The molecule has 0 radical (unpaired) electrons. The summed E-state index contributed by atoms with van der Waals surface area (Å²) >= 11 is 5.88. The Morgan fingerprint density at radius 2 is 1.62 bits per heavy atom. The molecule has 3 aromatic rings. The van der Waals surface area contributed by atoms with Crippen molar-refractivity contribution in [3.05, 3.63) is 83.2 Å². The fourth-order valence-corrected chi connectivity index (χ4v) is 4.36. The van der Waals surface area contributed by atoms with Gasteiger partial charge in [-0.1, -0.05) is 54.4 Å². The second-order valence-corrected chi connectivity index (χ2v) is 7.99. The van der Waals surface area contributed by atoms with Gasteiger partial charge in [0.15, 0.2) is 0 Å². The number of allylic oxidation sites excluding steroid dienone is 4.